The zero-order valence-electron chi connectivity index (χ0n) is 19.2. The number of hydrogen-bond acceptors (Lipinski definition) is 6. The topological polar surface area (TPSA) is 110 Å². The number of amides is 4. The molecule has 4 rings (SSSR count). The van der Waals surface area contributed by atoms with E-state index in [1.165, 1.54) is 17.0 Å². The number of likely N-dealkylation sites (N-methyl/N-ethyl adjacent to an activating group) is 1. The summed E-state index contributed by atoms with van der Waals surface area (Å²) < 4.78 is 0. The zero-order chi connectivity index (χ0) is 25.1. The van der Waals surface area contributed by atoms with Gasteiger partial charge < -0.3 is 5.11 Å². The van der Waals surface area contributed by atoms with E-state index in [-0.39, 0.29) is 30.3 Å². The third-order valence-corrected chi connectivity index (χ3v) is 6.66. The number of thiophene rings is 1. The van der Waals surface area contributed by atoms with E-state index in [0.29, 0.717) is 11.3 Å². The van der Waals surface area contributed by atoms with Gasteiger partial charge in [0.25, 0.3) is 5.91 Å². The first kappa shape index (κ1) is 24.1. The van der Waals surface area contributed by atoms with Gasteiger partial charge in [-0.25, -0.2) is 4.79 Å². The Kier molecular flexibility index (Phi) is 6.94. The third kappa shape index (κ3) is 5.23. The fraction of sp³-hybridized carbons (Fsp3) is 0.200. The number of carbonyl (C=O) groups is 4. The van der Waals surface area contributed by atoms with Gasteiger partial charge >= 0.3 is 6.09 Å². The van der Waals surface area contributed by atoms with E-state index < -0.39 is 18.0 Å². The van der Waals surface area contributed by atoms with Crippen LogP contribution in [0.4, 0.5) is 10.5 Å². The number of likely N-dealkylation sites (tertiary alicyclic amines) is 1. The molecule has 0 saturated carbocycles. The molecule has 9 nitrogen and oxygen atoms in total. The fourth-order valence-corrected chi connectivity index (χ4v) is 4.52. The SMILES string of the molecule is CN(C)C1CC(=O)N(Cc2ccc(C(=O)NN(C(=O)O)c3ccc(-c4cccs4)cc3)cc2)C1=O. The molecule has 4 amide bonds. The number of nitrogens with zero attached hydrogens (tertiary/aromatic N) is 3. The zero-order valence-corrected chi connectivity index (χ0v) is 20.0. The Hall–Kier alpha value is -4.02. The molecule has 180 valence electrons. The summed E-state index contributed by atoms with van der Waals surface area (Å²) in [4.78, 5) is 53.2. The number of anilines is 1. The predicted octanol–water partition coefficient (Wildman–Crippen LogP) is 3.43. The minimum absolute atomic E-state index is 0.113. The Morgan fingerprint density at radius 1 is 1.06 bits per heavy atom. The quantitative estimate of drug-likeness (QED) is 0.403. The molecule has 0 aliphatic carbocycles. The molecule has 10 heteroatoms. The van der Waals surface area contributed by atoms with Crippen molar-refractivity contribution in [3.63, 3.8) is 0 Å². The summed E-state index contributed by atoms with van der Waals surface area (Å²) in [6.45, 7) is 0.113. The normalized spacial score (nSPS) is 15.5. The van der Waals surface area contributed by atoms with Crippen molar-refractivity contribution >= 4 is 40.8 Å². The molecule has 2 heterocycles. The van der Waals surface area contributed by atoms with E-state index in [2.05, 4.69) is 5.43 Å². The average molecular weight is 493 g/mol. The van der Waals surface area contributed by atoms with Crippen LogP contribution in [0.15, 0.2) is 66.0 Å². The van der Waals surface area contributed by atoms with Crippen LogP contribution >= 0.6 is 11.3 Å². The van der Waals surface area contributed by atoms with Crippen LogP contribution in [-0.2, 0) is 16.1 Å². The summed E-state index contributed by atoms with van der Waals surface area (Å²) in [5.74, 6) is -1.09. The number of hydrazine groups is 1. The lowest BCUT2D eigenvalue weighted by molar-refractivity contribution is -0.140. The number of rotatable bonds is 6. The highest BCUT2D eigenvalue weighted by Gasteiger charge is 2.39. The van der Waals surface area contributed by atoms with Crippen molar-refractivity contribution in [2.75, 3.05) is 19.1 Å². The molecule has 1 unspecified atom stereocenters. The van der Waals surface area contributed by atoms with Gasteiger partial charge in [0, 0.05) is 10.4 Å². The Balaban J connectivity index is 1.43. The summed E-state index contributed by atoms with van der Waals surface area (Å²) in [7, 11) is 3.51. The average Bonchev–Trinajstić information content (AvgIpc) is 3.47. The van der Waals surface area contributed by atoms with Crippen LogP contribution in [-0.4, -0.2) is 58.9 Å². The molecule has 1 atom stereocenters. The number of carboxylic acid groups (broad SMARTS) is 1. The second-order valence-corrected chi connectivity index (χ2v) is 9.23. The van der Waals surface area contributed by atoms with E-state index in [9.17, 15) is 24.3 Å². The van der Waals surface area contributed by atoms with Crippen molar-refractivity contribution in [3.8, 4) is 10.4 Å². The van der Waals surface area contributed by atoms with Gasteiger partial charge in [0.2, 0.25) is 11.8 Å². The third-order valence-electron chi connectivity index (χ3n) is 5.74. The molecule has 3 aromatic rings. The Morgan fingerprint density at radius 3 is 2.29 bits per heavy atom. The first-order valence-corrected chi connectivity index (χ1v) is 11.7. The van der Waals surface area contributed by atoms with Crippen LogP contribution in [0.1, 0.15) is 22.3 Å². The highest BCUT2D eigenvalue weighted by molar-refractivity contribution is 7.13. The second kappa shape index (κ2) is 10.1. The minimum atomic E-state index is -1.33. The molecule has 2 N–H and O–H groups in total. The van der Waals surface area contributed by atoms with Gasteiger partial charge in [-0.2, -0.15) is 5.01 Å². The molecule has 2 aromatic carbocycles. The van der Waals surface area contributed by atoms with Crippen LogP contribution in [0.2, 0.25) is 0 Å². The molecule has 1 aromatic heterocycles. The van der Waals surface area contributed by atoms with Gasteiger partial charge in [0.1, 0.15) is 0 Å². The summed E-state index contributed by atoms with van der Waals surface area (Å²) in [6, 6.07) is 16.6. The maximum absolute atomic E-state index is 12.7. The maximum atomic E-state index is 12.7. The van der Waals surface area contributed by atoms with E-state index in [0.717, 1.165) is 15.4 Å². The second-order valence-electron chi connectivity index (χ2n) is 8.28. The Labute approximate surface area is 206 Å². The van der Waals surface area contributed by atoms with Crippen molar-refractivity contribution < 1.29 is 24.3 Å². The summed E-state index contributed by atoms with van der Waals surface area (Å²) in [5, 5.41) is 12.3. The van der Waals surface area contributed by atoms with Gasteiger partial charge in [-0.15, -0.1) is 11.3 Å². The van der Waals surface area contributed by atoms with Gasteiger partial charge in [0.15, 0.2) is 0 Å². The highest BCUT2D eigenvalue weighted by atomic mass is 32.1. The molecule has 0 radical (unpaired) electrons. The molecule has 1 aliphatic rings. The lowest BCUT2D eigenvalue weighted by Crippen LogP contribution is -2.45. The van der Waals surface area contributed by atoms with Crippen LogP contribution in [0.25, 0.3) is 10.4 Å². The van der Waals surface area contributed by atoms with Crippen molar-refractivity contribution in [2.45, 2.75) is 19.0 Å². The predicted molar refractivity (Wildman–Crippen MR) is 132 cm³/mol. The molecule has 0 spiro atoms. The van der Waals surface area contributed by atoms with Crippen molar-refractivity contribution in [1.29, 1.82) is 0 Å². The van der Waals surface area contributed by atoms with Crippen LogP contribution in [0, 0.1) is 0 Å². The molecule has 35 heavy (non-hydrogen) atoms. The molecular weight excluding hydrogens is 468 g/mol. The monoisotopic (exact) mass is 492 g/mol. The minimum Gasteiger partial charge on any atom is -0.463 e. The van der Waals surface area contributed by atoms with Crippen LogP contribution in [0.5, 0.6) is 0 Å². The standard InChI is InChI=1S/C25H24N4O5S/c1-27(2)20-14-22(30)28(24(20)32)15-16-5-7-18(8-6-16)23(31)26-29(25(33)34)19-11-9-17(10-12-19)21-4-3-13-35-21/h3-13,20H,14-15H2,1-2H3,(H,26,31)(H,33,34). The lowest BCUT2D eigenvalue weighted by atomic mass is 10.1. The number of nitrogens with one attached hydrogen (secondary N) is 1. The maximum Gasteiger partial charge on any atom is 0.431 e. The number of imide groups is 1. The summed E-state index contributed by atoms with van der Waals surface area (Å²) in [6.07, 6.45) is -1.19. The molecule has 0 bridgehead atoms. The van der Waals surface area contributed by atoms with E-state index >= 15 is 0 Å². The Bertz CT molecular complexity index is 1240. The number of hydrogen-bond donors (Lipinski definition) is 2. The van der Waals surface area contributed by atoms with Gasteiger partial charge in [-0.3, -0.25) is 29.6 Å². The van der Waals surface area contributed by atoms with Crippen LogP contribution in [0.3, 0.4) is 0 Å². The molecular formula is C25H24N4O5S. The highest BCUT2D eigenvalue weighted by Crippen LogP contribution is 2.27. The first-order valence-electron chi connectivity index (χ1n) is 10.8. The van der Waals surface area contributed by atoms with Gasteiger partial charge in [-0.1, -0.05) is 30.3 Å². The van der Waals surface area contributed by atoms with Crippen molar-refractivity contribution in [3.05, 3.63) is 77.2 Å². The van der Waals surface area contributed by atoms with E-state index in [4.69, 9.17) is 0 Å². The summed E-state index contributed by atoms with van der Waals surface area (Å²) in [5.41, 5.74) is 4.56. The number of benzene rings is 2. The van der Waals surface area contributed by atoms with Crippen LogP contribution < -0.4 is 10.4 Å². The molecule has 1 fully saturated rings. The fourth-order valence-electron chi connectivity index (χ4n) is 3.79. The summed E-state index contributed by atoms with van der Waals surface area (Å²) >= 11 is 1.57. The Morgan fingerprint density at radius 2 is 1.74 bits per heavy atom. The van der Waals surface area contributed by atoms with Gasteiger partial charge in [0.05, 0.1) is 24.7 Å². The smallest absolute Gasteiger partial charge is 0.431 e. The lowest BCUT2D eigenvalue weighted by Gasteiger charge is -2.20. The van der Waals surface area contributed by atoms with Crippen molar-refractivity contribution in [1.82, 2.24) is 15.2 Å². The van der Waals surface area contributed by atoms with E-state index in [1.54, 1.807) is 66.7 Å². The molecule has 1 saturated heterocycles. The van der Waals surface area contributed by atoms with Gasteiger partial charge in [-0.05, 0) is 60.9 Å². The molecule has 1 aliphatic heterocycles. The largest absolute Gasteiger partial charge is 0.463 e. The first-order chi connectivity index (χ1) is 16.7. The van der Waals surface area contributed by atoms with E-state index in [1.807, 2.05) is 17.5 Å². The number of carbonyl (C=O) groups excluding carboxylic acids is 3. The van der Waals surface area contributed by atoms with Crippen molar-refractivity contribution in [2.24, 2.45) is 0 Å².